The molecule has 2 aliphatic heterocycles. The van der Waals surface area contributed by atoms with E-state index in [1.54, 1.807) is 7.05 Å². The standard InChI is InChI=1S/C21H33N5O3/c1-4-28-20(27)18-7-9-25(10-8-18)21(22-3)24-14-17-5-6-19(23-13-17)26-11-12-29-16(2)15-26/h5-6,13,16,18H,4,7-12,14-15H2,1-3H3,(H,22,24). The zero-order valence-corrected chi connectivity index (χ0v) is 17.8. The minimum atomic E-state index is -0.0732. The van der Waals surface area contributed by atoms with Gasteiger partial charge in [-0.2, -0.15) is 0 Å². The van der Waals surface area contributed by atoms with Gasteiger partial charge in [0.2, 0.25) is 0 Å². The molecule has 1 aromatic heterocycles. The van der Waals surface area contributed by atoms with Crippen molar-refractivity contribution in [1.82, 2.24) is 15.2 Å². The predicted octanol–water partition coefficient (Wildman–Crippen LogP) is 1.66. The maximum atomic E-state index is 11.9. The number of aromatic nitrogens is 1. The first-order chi connectivity index (χ1) is 14.1. The fourth-order valence-electron chi connectivity index (χ4n) is 3.84. The molecule has 3 rings (SSSR count). The van der Waals surface area contributed by atoms with Crippen LogP contribution >= 0.6 is 0 Å². The van der Waals surface area contributed by atoms with Crippen molar-refractivity contribution in [3.8, 4) is 0 Å². The van der Waals surface area contributed by atoms with Crippen LogP contribution in [0.5, 0.6) is 0 Å². The lowest BCUT2D eigenvalue weighted by Gasteiger charge is -2.33. The zero-order chi connectivity index (χ0) is 20.6. The predicted molar refractivity (Wildman–Crippen MR) is 113 cm³/mol. The highest BCUT2D eigenvalue weighted by atomic mass is 16.5. The molecule has 3 heterocycles. The smallest absolute Gasteiger partial charge is 0.309 e. The third-order valence-corrected chi connectivity index (χ3v) is 5.45. The minimum Gasteiger partial charge on any atom is -0.466 e. The maximum Gasteiger partial charge on any atom is 0.309 e. The second-order valence-electron chi connectivity index (χ2n) is 7.57. The maximum absolute atomic E-state index is 11.9. The molecule has 0 aliphatic carbocycles. The molecule has 160 valence electrons. The Morgan fingerprint density at radius 2 is 2.14 bits per heavy atom. The van der Waals surface area contributed by atoms with Gasteiger partial charge in [-0.05, 0) is 38.3 Å². The second-order valence-corrected chi connectivity index (χ2v) is 7.57. The highest BCUT2D eigenvalue weighted by molar-refractivity contribution is 5.80. The number of guanidine groups is 1. The second kappa shape index (κ2) is 10.4. The molecule has 0 saturated carbocycles. The first-order valence-electron chi connectivity index (χ1n) is 10.5. The first-order valence-corrected chi connectivity index (χ1v) is 10.5. The van der Waals surface area contributed by atoms with Crippen molar-refractivity contribution in [3.05, 3.63) is 23.9 Å². The van der Waals surface area contributed by atoms with E-state index < -0.39 is 0 Å². The fourth-order valence-corrected chi connectivity index (χ4v) is 3.84. The van der Waals surface area contributed by atoms with Crippen LogP contribution in [-0.2, 0) is 20.8 Å². The van der Waals surface area contributed by atoms with Crippen LogP contribution in [0.25, 0.3) is 0 Å². The molecule has 0 bridgehead atoms. The van der Waals surface area contributed by atoms with Crippen molar-refractivity contribution < 1.29 is 14.3 Å². The Kier molecular flexibility index (Phi) is 7.69. The minimum absolute atomic E-state index is 0.00366. The van der Waals surface area contributed by atoms with Crippen LogP contribution in [0.4, 0.5) is 5.82 Å². The summed E-state index contributed by atoms with van der Waals surface area (Å²) in [5.74, 6) is 1.78. The number of nitrogens with zero attached hydrogens (tertiary/aromatic N) is 4. The molecule has 1 aromatic rings. The number of rotatable bonds is 5. The number of likely N-dealkylation sites (tertiary alicyclic amines) is 1. The molecule has 1 unspecified atom stereocenters. The Labute approximate surface area is 173 Å². The number of pyridine rings is 1. The summed E-state index contributed by atoms with van der Waals surface area (Å²) in [4.78, 5) is 25.4. The normalized spacial score (nSPS) is 21.2. The van der Waals surface area contributed by atoms with E-state index in [0.717, 1.165) is 63.0 Å². The summed E-state index contributed by atoms with van der Waals surface area (Å²) < 4.78 is 10.7. The molecular formula is C21H33N5O3. The molecule has 1 N–H and O–H groups in total. The van der Waals surface area contributed by atoms with E-state index in [1.165, 1.54) is 0 Å². The Balaban J connectivity index is 1.48. The van der Waals surface area contributed by atoms with Gasteiger partial charge in [-0.3, -0.25) is 9.79 Å². The van der Waals surface area contributed by atoms with Gasteiger partial charge in [0.15, 0.2) is 5.96 Å². The third-order valence-electron chi connectivity index (χ3n) is 5.45. The summed E-state index contributed by atoms with van der Waals surface area (Å²) in [6.07, 6.45) is 3.76. The zero-order valence-electron chi connectivity index (χ0n) is 17.8. The number of morpholine rings is 1. The summed E-state index contributed by atoms with van der Waals surface area (Å²) in [7, 11) is 1.79. The van der Waals surface area contributed by atoms with Gasteiger partial charge in [0.25, 0.3) is 0 Å². The lowest BCUT2D eigenvalue weighted by Crippen LogP contribution is -2.46. The Morgan fingerprint density at radius 1 is 1.34 bits per heavy atom. The SMILES string of the molecule is CCOC(=O)C1CCN(C(=NC)NCc2ccc(N3CCOC(C)C3)nc2)CC1. The van der Waals surface area contributed by atoms with Crippen LogP contribution in [0.2, 0.25) is 0 Å². The topological polar surface area (TPSA) is 79.3 Å². The van der Waals surface area contributed by atoms with E-state index in [0.29, 0.717) is 13.2 Å². The number of hydrogen-bond donors (Lipinski definition) is 1. The molecule has 0 amide bonds. The van der Waals surface area contributed by atoms with Gasteiger partial charge >= 0.3 is 5.97 Å². The van der Waals surface area contributed by atoms with Gasteiger partial charge in [-0.15, -0.1) is 0 Å². The summed E-state index contributed by atoms with van der Waals surface area (Å²) in [6, 6.07) is 4.18. The van der Waals surface area contributed by atoms with Crippen LogP contribution in [0, 0.1) is 5.92 Å². The van der Waals surface area contributed by atoms with Gasteiger partial charge in [-0.1, -0.05) is 6.07 Å². The highest BCUT2D eigenvalue weighted by Gasteiger charge is 2.27. The Bertz CT molecular complexity index is 686. The average Bonchev–Trinajstić information content (AvgIpc) is 2.75. The monoisotopic (exact) mass is 403 g/mol. The van der Waals surface area contributed by atoms with Gasteiger partial charge in [0, 0.05) is 46.0 Å². The molecule has 0 aromatic carbocycles. The van der Waals surface area contributed by atoms with Crippen LogP contribution in [0.1, 0.15) is 32.3 Å². The highest BCUT2D eigenvalue weighted by Crippen LogP contribution is 2.19. The molecule has 2 saturated heterocycles. The number of anilines is 1. The molecular weight excluding hydrogens is 370 g/mol. The summed E-state index contributed by atoms with van der Waals surface area (Å²) in [5.41, 5.74) is 1.11. The summed E-state index contributed by atoms with van der Waals surface area (Å²) in [6.45, 7) is 9.15. The van der Waals surface area contributed by atoms with Crippen molar-refractivity contribution in [2.75, 3.05) is 51.3 Å². The molecule has 2 fully saturated rings. The van der Waals surface area contributed by atoms with E-state index in [2.05, 4.69) is 44.1 Å². The average molecular weight is 404 g/mol. The van der Waals surface area contributed by atoms with Crippen LogP contribution in [-0.4, -0.2) is 74.4 Å². The van der Waals surface area contributed by atoms with E-state index in [4.69, 9.17) is 9.47 Å². The van der Waals surface area contributed by atoms with Crippen LogP contribution in [0.3, 0.4) is 0 Å². The van der Waals surface area contributed by atoms with Gasteiger partial charge in [0.1, 0.15) is 5.82 Å². The number of nitrogens with one attached hydrogen (secondary N) is 1. The lowest BCUT2D eigenvalue weighted by molar-refractivity contribution is -0.149. The molecule has 1 atom stereocenters. The molecule has 0 radical (unpaired) electrons. The number of ether oxygens (including phenoxy) is 2. The first kappa shape index (κ1) is 21.4. The van der Waals surface area contributed by atoms with Gasteiger partial charge in [0.05, 0.1) is 25.2 Å². The largest absolute Gasteiger partial charge is 0.466 e. The molecule has 29 heavy (non-hydrogen) atoms. The molecule has 2 aliphatic rings. The molecule has 0 spiro atoms. The number of esters is 1. The summed E-state index contributed by atoms with van der Waals surface area (Å²) in [5, 5.41) is 3.42. The number of aliphatic imine (C=N–C) groups is 1. The Hall–Kier alpha value is -2.35. The Morgan fingerprint density at radius 3 is 2.76 bits per heavy atom. The van der Waals surface area contributed by atoms with Crippen molar-refractivity contribution in [2.24, 2.45) is 10.9 Å². The van der Waals surface area contributed by atoms with Crippen LogP contribution < -0.4 is 10.2 Å². The number of hydrogen-bond acceptors (Lipinski definition) is 6. The van der Waals surface area contributed by atoms with E-state index in [1.807, 2.05) is 13.1 Å². The van der Waals surface area contributed by atoms with Crippen molar-refractivity contribution in [3.63, 3.8) is 0 Å². The quantitative estimate of drug-likeness (QED) is 0.455. The molecule has 8 nitrogen and oxygen atoms in total. The van der Waals surface area contributed by atoms with Gasteiger partial charge < -0.3 is 24.6 Å². The number of carbonyl (C=O) groups is 1. The van der Waals surface area contributed by atoms with Crippen molar-refractivity contribution in [1.29, 1.82) is 0 Å². The van der Waals surface area contributed by atoms with Crippen molar-refractivity contribution in [2.45, 2.75) is 39.3 Å². The van der Waals surface area contributed by atoms with Crippen molar-refractivity contribution >= 4 is 17.7 Å². The van der Waals surface area contributed by atoms with E-state index >= 15 is 0 Å². The van der Waals surface area contributed by atoms with Crippen LogP contribution in [0.15, 0.2) is 23.3 Å². The fraction of sp³-hybridized carbons (Fsp3) is 0.667. The summed E-state index contributed by atoms with van der Waals surface area (Å²) >= 11 is 0. The van der Waals surface area contributed by atoms with E-state index in [9.17, 15) is 4.79 Å². The number of carbonyl (C=O) groups excluding carboxylic acids is 1. The van der Waals surface area contributed by atoms with E-state index in [-0.39, 0.29) is 18.0 Å². The van der Waals surface area contributed by atoms with Gasteiger partial charge in [-0.25, -0.2) is 4.98 Å². The lowest BCUT2D eigenvalue weighted by atomic mass is 9.97. The third kappa shape index (κ3) is 5.82. The number of piperidine rings is 1. The molecule has 8 heteroatoms.